The van der Waals surface area contributed by atoms with Crippen molar-refractivity contribution in [2.45, 2.75) is 44.0 Å². The second-order valence-corrected chi connectivity index (χ2v) is 8.66. The summed E-state index contributed by atoms with van der Waals surface area (Å²) in [5, 5.41) is 3.18. The molecule has 0 radical (unpaired) electrons. The van der Waals surface area contributed by atoms with Crippen LogP contribution in [0.4, 0.5) is 0 Å². The van der Waals surface area contributed by atoms with Crippen LogP contribution < -0.4 is 10.1 Å². The Balaban J connectivity index is 2.16. The minimum absolute atomic E-state index is 0.0815. The van der Waals surface area contributed by atoms with Gasteiger partial charge in [-0.3, -0.25) is 4.79 Å². The Labute approximate surface area is 154 Å². The van der Waals surface area contributed by atoms with Gasteiger partial charge in [-0.15, -0.1) is 0 Å². The third kappa shape index (κ3) is 4.65. The molecule has 2 atom stereocenters. The lowest BCUT2D eigenvalue weighted by Gasteiger charge is -2.31. The fourth-order valence-electron chi connectivity index (χ4n) is 2.79. The predicted molar refractivity (Wildman–Crippen MR) is 97.4 cm³/mol. The zero-order valence-corrected chi connectivity index (χ0v) is 16.4. The Morgan fingerprint density at radius 1 is 1.48 bits per heavy atom. The number of hydrogen-bond acceptors (Lipinski definition) is 4. The van der Waals surface area contributed by atoms with E-state index in [2.05, 4.69) is 5.32 Å². The molecule has 0 aliphatic carbocycles. The molecule has 2 rings (SSSR count). The number of ether oxygens (including phenoxy) is 1. The molecule has 1 heterocycles. The highest BCUT2D eigenvalue weighted by molar-refractivity contribution is 7.89. The summed E-state index contributed by atoms with van der Waals surface area (Å²) in [6.07, 6.45) is 2.18. The molecule has 0 bridgehead atoms. The molecule has 1 fully saturated rings. The van der Waals surface area contributed by atoms with Crippen LogP contribution in [0, 0.1) is 5.92 Å². The summed E-state index contributed by atoms with van der Waals surface area (Å²) in [6.45, 7) is 4.53. The molecule has 25 heavy (non-hydrogen) atoms. The smallest absolute Gasteiger partial charge is 0.243 e. The minimum atomic E-state index is -3.70. The van der Waals surface area contributed by atoms with Crippen molar-refractivity contribution in [1.29, 1.82) is 0 Å². The number of carbonyl (C=O) groups is 1. The van der Waals surface area contributed by atoms with Crippen LogP contribution in [0.1, 0.15) is 33.1 Å². The fraction of sp³-hybridized carbons (Fsp3) is 0.588. The molecule has 1 aliphatic heterocycles. The Morgan fingerprint density at radius 3 is 2.80 bits per heavy atom. The van der Waals surface area contributed by atoms with Crippen LogP contribution in [0.2, 0.25) is 5.02 Å². The molecule has 1 amide bonds. The molecule has 0 saturated carbocycles. The van der Waals surface area contributed by atoms with Crippen LogP contribution in [0.5, 0.6) is 5.75 Å². The number of sulfonamides is 1. The lowest BCUT2D eigenvalue weighted by atomic mass is 9.98. The first kappa shape index (κ1) is 20.0. The van der Waals surface area contributed by atoms with Gasteiger partial charge in [-0.25, -0.2) is 8.42 Å². The van der Waals surface area contributed by atoms with Crippen LogP contribution in [0.25, 0.3) is 0 Å². The van der Waals surface area contributed by atoms with Gasteiger partial charge in [0.2, 0.25) is 15.9 Å². The molecule has 0 spiro atoms. The van der Waals surface area contributed by atoms with Gasteiger partial charge in [0.25, 0.3) is 0 Å². The van der Waals surface area contributed by atoms with Crippen molar-refractivity contribution in [2.24, 2.45) is 5.92 Å². The van der Waals surface area contributed by atoms with E-state index in [9.17, 15) is 13.2 Å². The summed E-state index contributed by atoms with van der Waals surface area (Å²) in [7, 11) is -2.22. The van der Waals surface area contributed by atoms with Gasteiger partial charge in [0.05, 0.1) is 22.9 Å². The number of piperidine rings is 1. The highest BCUT2D eigenvalue weighted by Gasteiger charge is 2.33. The average Bonchev–Trinajstić information content (AvgIpc) is 2.61. The number of carbonyl (C=O) groups excluding carboxylic acids is 1. The number of rotatable bonds is 6. The first-order valence-electron chi connectivity index (χ1n) is 8.43. The van der Waals surface area contributed by atoms with Gasteiger partial charge < -0.3 is 10.1 Å². The topological polar surface area (TPSA) is 75.7 Å². The predicted octanol–water partition coefficient (Wildman–Crippen LogP) is 2.66. The third-order valence-corrected chi connectivity index (χ3v) is 6.67. The maximum atomic E-state index is 12.9. The highest BCUT2D eigenvalue weighted by Crippen LogP contribution is 2.30. The number of benzene rings is 1. The molecule has 6 nitrogen and oxygen atoms in total. The zero-order valence-electron chi connectivity index (χ0n) is 14.8. The van der Waals surface area contributed by atoms with Crippen molar-refractivity contribution in [1.82, 2.24) is 9.62 Å². The summed E-state index contributed by atoms with van der Waals surface area (Å²) < 4.78 is 32.2. The normalized spacial score (nSPS) is 20.1. The largest absolute Gasteiger partial charge is 0.495 e. The highest BCUT2D eigenvalue weighted by atomic mass is 35.5. The third-order valence-electron chi connectivity index (χ3n) is 4.52. The second-order valence-electron chi connectivity index (χ2n) is 6.32. The lowest BCUT2D eigenvalue weighted by molar-refractivity contribution is -0.126. The van der Waals surface area contributed by atoms with Gasteiger partial charge in [0.1, 0.15) is 5.75 Å². The van der Waals surface area contributed by atoms with E-state index in [1.165, 1.54) is 29.6 Å². The molecule has 0 unspecified atom stereocenters. The number of nitrogens with one attached hydrogen (secondary N) is 1. The van der Waals surface area contributed by atoms with Gasteiger partial charge in [-0.2, -0.15) is 4.31 Å². The van der Waals surface area contributed by atoms with Crippen molar-refractivity contribution >= 4 is 27.5 Å². The van der Waals surface area contributed by atoms with Gasteiger partial charge in [-0.1, -0.05) is 18.5 Å². The summed E-state index contributed by atoms with van der Waals surface area (Å²) >= 11 is 6.05. The van der Waals surface area contributed by atoms with Crippen LogP contribution in [-0.2, 0) is 14.8 Å². The first-order valence-corrected chi connectivity index (χ1v) is 10.3. The summed E-state index contributed by atoms with van der Waals surface area (Å²) in [4.78, 5) is 12.5. The Kier molecular flexibility index (Phi) is 6.71. The van der Waals surface area contributed by atoms with E-state index in [-0.39, 0.29) is 34.3 Å². The molecule has 1 aromatic carbocycles. The molecular weight excluding hydrogens is 364 g/mol. The van der Waals surface area contributed by atoms with Crippen molar-refractivity contribution in [2.75, 3.05) is 20.2 Å². The summed E-state index contributed by atoms with van der Waals surface area (Å²) in [5.74, 6) is 0.0123. The lowest BCUT2D eigenvalue weighted by Crippen LogP contribution is -2.46. The zero-order chi connectivity index (χ0) is 18.6. The van der Waals surface area contributed by atoms with E-state index >= 15 is 0 Å². The quantitative estimate of drug-likeness (QED) is 0.812. The van der Waals surface area contributed by atoms with Gasteiger partial charge in [-0.05, 0) is 44.4 Å². The van der Waals surface area contributed by atoms with Gasteiger partial charge >= 0.3 is 0 Å². The van der Waals surface area contributed by atoms with Gasteiger partial charge in [0.15, 0.2) is 0 Å². The van der Waals surface area contributed by atoms with Crippen LogP contribution in [0.3, 0.4) is 0 Å². The maximum absolute atomic E-state index is 12.9. The minimum Gasteiger partial charge on any atom is -0.495 e. The maximum Gasteiger partial charge on any atom is 0.243 e. The van der Waals surface area contributed by atoms with Crippen molar-refractivity contribution in [3.63, 3.8) is 0 Å². The molecule has 0 aromatic heterocycles. The van der Waals surface area contributed by atoms with E-state index in [1.54, 1.807) is 0 Å². The number of halogens is 1. The van der Waals surface area contributed by atoms with E-state index in [0.29, 0.717) is 25.1 Å². The monoisotopic (exact) mass is 388 g/mol. The fourth-order valence-corrected chi connectivity index (χ4v) is 4.67. The van der Waals surface area contributed by atoms with E-state index in [0.717, 1.165) is 6.42 Å². The van der Waals surface area contributed by atoms with Crippen LogP contribution in [0.15, 0.2) is 23.1 Å². The standard InChI is InChI=1S/C17H25ClN2O4S/c1-4-12(2)19-17(21)13-6-5-9-20(11-13)25(22,23)14-7-8-16(24-3)15(18)10-14/h7-8,10,12-13H,4-6,9,11H2,1-3H3,(H,19,21)/t12-,13-/m0/s1. The van der Waals surface area contributed by atoms with Crippen LogP contribution >= 0.6 is 11.6 Å². The Hall–Kier alpha value is -1.31. The molecule has 8 heteroatoms. The average molecular weight is 389 g/mol. The van der Waals surface area contributed by atoms with E-state index < -0.39 is 10.0 Å². The van der Waals surface area contributed by atoms with Crippen molar-refractivity contribution in [3.8, 4) is 5.75 Å². The van der Waals surface area contributed by atoms with E-state index in [1.807, 2.05) is 13.8 Å². The number of nitrogens with zero attached hydrogens (tertiary/aromatic N) is 1. The summed E-state index contributed by atoms with van der Waals surface area (Å²) in [5.41, 5.74) is 0. The van der Waals surface area contributed by atoms with E-state index in [4.69, 9.17) is 16.3 Å². The Morgan fingerprint density at radius 2 is 2.20 bits per heavy atom. The molecule has 1 aromatic rings. The summed E-state index contributed by atoms with van der Waals surface area (Å²) in [6, 6.07) is 4.48. The van der Waals surface area contributed by atoms with Crippen molar-refractivity contribution < 1.29 is 17.9 Å². The van der Waals surface area contributed by atoms with Crippen molar-refractivity contribution in [3.05, 3.63) is 23.2 Å². The number of methoxy groups -OCH3 is 1. The molecule has 1 saturated heterocycles. The van der Waals surface area contributed by atoms with Gasteiger partial charge in [0, 0.05) is 19.1 Å². The molecule has 1 N–H and O–H groups in total. The van der Waals surface area contributed by atoms with Crippen LogP contribution in [-0.4, -0.2) is 44.9 Å². The molecular formula is C17H25ClN2O4S. The number of hydrogen-bond donors (Lipinski definition) is 1. The number of amides is 1. The first-order chi connectivity index (χ1) is 11.8. The SMILES string of the molecule is CC[C@H](C)NC(=O)[C@H]1CCCN(S(=O)(=O)c2ccc(OC)c(Cl)c2)C1. The molecule has 140 valence electrons. The second kappa shape index (κ2) is 8.38. The molecule has 1 aliphatic rings. The Bertz CT molecular complexity index is 723.